The number of hydrogen-bond donors (Lipinski definition) is 1. The van der Waals surface area contributed by atoms with E-state index in [1.54, 1.807) is 0 Å². The topological polar surface area (TPSA) is 39.1 Å². The van der Waals surface area contributed by atoms with Crippen molar-refractivity contribution in [2.75, 3.05) is 26.2 Å². The molecule has 19 heavy (non-hydrogen) atoms. The average Bonchev–Trinajstić information content (AvgIpc) is 2.41. The SMILES string of the molecule is CCCNCC1CCCCN1CCCC(C)(C)C#N. The number of rotatable bonds is 8. The van der Waals surface area contributed by atoms with Crippen LogP contribution in [0.1, 0.15) is 59.3 Å². The molecule has 0 radical (unpaired) electrons. The van der Waals surface area contributed by atoms with Gasteiger partial charge >= 0.3 is 0 Å². The summed E-state index contributed by atoms with van der Waals surface area (Å²) in [7, 11) is 0. The molecule has 1 fully saturated rings. The van der Waals surface area contributed by atoms with Crippen LogP contribution in [-0.2, 0) is 0 Å². The van der Waals surface area contributed by atoms with Gasteiger partial charge in [0.1, 0.15) is 0 Å². The maximum absolute atomic E-state index is 9.05. The van der Waals surface area contributed by atoms with Crippen molar-refractivity contribution in [1.82, 2.24) is 10.2 Å². The summed E-state index contributed by atoms with van der Waals surface area (Å²) in [5.74, 6) is 0. The van der Waals surface area contributed by atoms with Crippen LogP contribution in [0.4, 0.5) is 0 Å². The van der Waals surface area contributed by atoms with Crippen molar-refractivity contribution in [3.63, 3.8) is 0 Å². The lowest BCUT2D eigenvalue weighted by Gasteiger charge is -2.36. The largest absolute Gasteiger partial charge is 0.315 e. The fourth-order valence-corrected chi connectivity index (χ4v) is 2.81. The number of nitrogens with zero attached hydrogens (tertiary/aromatic N) is 2. The van der Waals surface area contributed by atoms with Crippen LogP contribution in [0.2, 0.25) is 0 Å². The minimum Gasteiger partial charge on any atom is -0.315 e. The third kappa shape index (κ3) is 6.40. The van der Waals surface area contributed by atoms with E-state index in [-0.39, 0.29) is 5.41 Å². The van der Waals surface area contributed by atoms with Gasteiger partial charge in [-0.2, -0.15) is 5.26 Å². The van der Waals surface area contributed by atoms with Crippen LogP contribution in [0.15, 0.2) is 0 Å². The lowest BCUT2D eigenvalue weighted by Crippen LogP contribution is -2.46. The van der Waals surface area contributed by atoms with Gasteiger partial charge in [-0.15, -0.1) is 0 Å². The maximum atomic E-state index is 9.05. The van der Waals surface area contributed by atoms with E-state index >= 15 is 0 Å². The van der Waals surface area contributed by atoms with Gasteiger partial charge in [-0.3, -0.25) is 4.90 Å². The summed E-state index contributed by atoms with van der Waals surface area (Å²) in [6.45, 7) is 11.0. The molecule has 1 aliphatic heterocycles. The highest BCUT2D eigenvalue weighted by Crippen LogP contribution is 2.23. The van der Waals surface area contributed by atoms with Crippen molar-refractivity contribution in [3.05, 3.63) is 0 Å². The Morgan fingerprint density at radius 2 is 2.16 bits per heavy atom. The molecule has 3 heteroatoms. The molecule has 3 nitrogen and oxygen atoms in total. The Hall–Kier alpha value is -0.590. The number of piperidine rings is 1. The summed E-state index contributed by atoms with van der Waals surface area (Å²) < 4.78 is 0. The van der Waals surface area contributed by atoms with Gasteiger partial charge in [-0.1, -0.05) is 13.3 Å². The number of nitriles is 1. The average molecular weight is 265 g/mol. The number of likely N-dealkylation sites (tertiary alicyclic amines) is 1. The first-order chi connectivity index (χ1) is 9.09. The molecule has 0 saturated carbocycles. The summed E-state index contributed by atoms with van der Waals surface area (Å²) in [6, 6.07) is 3.11. The van der Waals surface area contributed by atoms with E-state index < -0.39 is 0 Å². The standard InChI is InChI=1S/C16H31N3/c1-4-10-18-13-15-8-5-6-11-19(15)12-7-9-16(2,3)14-17/h15,18H,4-13H2,1-3H3. The molecule has 1 atom stereocenters. The molecular weight excluding hydrogens is 234 g/mol. The van der Waals surface area contributed by atoms with E-state index in [1.165, 1.54) is 32.2 Å². The Labute approximate surface area is 119 Å². The molecule has 1 N–H and O–H groups in total. The fraction of sp³-hybridized carbons (Fsp3) is 0.938. The molecule has 0 aromatic carbocycles. The zero-order chi connectivity index (χ0) is 14.1. The highest BCUT2D eigenvalue weighted by atomic mass is 15.2. The Morgan fingerprint density at radius 1 is 1.37 bits per heavy atom. The minimum atomic E-state index is -0.161. The molecule has 0 aromatic heterocycles. The second kappa shape index (κ2) is 8.55. The lowest BCUT2D eigenvalue weighted by atomic mass is 9.89. The third-order valence-corrected chi connectivity index (χ3v) is 4.11. The van der Waals surface area contributed by atoms with Crippen LogP contribution in [0.25, 0.3) is 0 Å². The Balaban J connectivity index is 2.30. The molecule has 1 heterocycles. The monoisotopic (exact) mass is 265 g/mol. The second-order valence-corrected chi connectivity index (χ2v) is 6.49. The molecule has 0 amide bonds. The highest BCUT2D eigenvalue weighted by Gasteiger charge is 2.23. The van der Waals surface area contributed by atoms with Gasteiger partial charge in [0.2, 0.25) is 0 Å². The highest BCUT2D eigenvalue weighted by molar-refractivity contribution is 4.91. The van der Waals surface area contributed by atoms with Gasteiger partial charge in [0.15, 0.2) is 0 Å². The summed E-state index contributed by atoms with van der Waals surface area (Å²) in [4.78, 5) is 2.64. The fourth-order valence-electron chi connectivity index (χ4n) is 2.81. The summed E-state index contributed by atoms with van der Waals surface area (Å²) in [5.41, 5.74) is -0.161. The molecule has 1 unspecified atom stereocenters. The Kier molecular flexibility index (Phi) is 7.41. The molecule has 0 spiro atoms. The van der Waals surface area contributed by atoms with Crippen molar-refractivity contribution in [2.24, 2.45) is 5.41 Å². The number of hydrogen-bond acceptors (Lipinski definition) is 3. The van der Waals surface area contributed by atoms with Crippen LogP contribution in [-0.4, -0.2) is 37.1 Å². The first-order valence-corrected chi connectivity index (χ1v) is 7.95. The molecule has 1 aliphatic rings. The van der Waals surface area contributed by atoms with E-state index in [4.69, 9.17) is 5.26 Å². The van der Waals surface area contributed by atoms with Gasteiger partial charge in [-0.25, -0.2) is 0 Å². The van der Waals surface area contributed by atoms with Gasteiger partial charge in [0.05, 0.1) is 11.5 Å². The van der Waals surface area contributed by atoms with E-state index in [9.17, 15) is 0 Å². The number of nitrogens with one attached hydrogen (secondary N) is 1. The zero-order valence-corrected chi connectivity index (χ0v) is 13.0. The van der Waals surface area contributed by atoms with Gasteiger partial charge in [-0.05, 0) is 65.6 Å². The van der Waals surface area contributed by atoms with Crippen LogP contribution >= 0.6 is 0 Å². The quantitative estimate of drug-likeness (QED) is 0.685. The summed E-state index contributed by atoms with van der Waals surface area (Å²) in [6.07, 6.45) is 7.41. The molecule has 1 rings (SSSR count). The Morgan fingerprint density at radius 3 is 2.84 bits per heavy atom. The van der Waals surface area contributed by atoms with E-state index in [0.29, 0.717) is 6.04 Å². The van der Waals surface area contributed by atoms with Gasteiger partial charge in [0, 0.05) is 12.6 Å². The van der Waals surface area contributed by atoms with Crippen molar-refractivity contribution >= 4 is 0 Å². The summed E-state index contributed by atoms with van der Waals surface area (Å²) in [5, 5.41) is 12.6. The maximum Gasteiger partial charge on any atom is 0.0683 e. The normalized spacial score (nSPS) is 21.3. The Bertz CT molecular complexity index is 280. The van der Waals surface area contributed by atoms with E-state index in [2.05, 4.69) is 23.2 Å². The molecule has 0 aromatic rings. The minimum absolute atomic E-state index is 0.161. The third-order valence-electron chi connectivity index (χ3n) is 4.11. The van der Waals surface area contributed by atoms with Gasteiger partial charge < -0.3 is 5.32 Å². The van der Waals surface area contributed by atoms with Crippen molar-refractivity contribution in [1.29, 1.82) is 5.26 Å². The van der Waals surface area contributed by atoms with E-state index in [1.807, 2.05) is 13.8 Å². The summed E-state index contributed by atoms with van der Waals surface area (Å²) >= 11 is 0. The predicted molar refractivity (Wildman–Crippen MR) is 81.0 cm³/mol. The first-order valence-electron chi connectivity index (χ1n) is 7.95. The van der Waals surface area contributed by atoms with Gasteiger partial charge in [0.25, 0.3) is 0 Å². The smallest absolute Gasteiger partial charge is 0.0683 e. The van der Waals surface area contributed by atoms with Crippen LogP contribution in [0, 0.1) is 16.7 Å². The molecule has 0 aliphatic carbocycles. The van der Waals surface area contributed by atoms with Crippen molar-refractivity contribution in [2.45, 2.75) is 65.3 Å². The van der Waals surface area contributed by atoms with E-state index in [0.717, 1.165) is 32.5 Å². The van der Waals surface area contributed by atoms with Crippen LogP contribution in [0.3, 0.4) is 0 Å². The molecule has 0 bridgehead atoms. The molecule has 1 saturated heterocycles. The zero-order valence-electron chi connectivity index (χ0n) is 13.0. The molecular formula is C16H31N3. The van der Waals surface area contributed by atoms with Crippen LogP contribution < -0.4 is 5.32 Å². The van der Waals surface area contributed by atoms with Crippen molar-refractivity contribution in [3.8, 4) is 6.07 Å². The predicted octanol–water partition coefficient (Wildman–Crippen LogP) is 3.17. The van der Waals surface area contributed by atoms with Crippen molar-refractivity contribution < 1.29 is 0 Å². The first kappa shape index (κ1) is 16.5. The second-order valence-electron chi connectivity index (χ2n) is 6.49. The van der Waals surface area contributed by atoms with Crippen LogP contribution in [0.5, 0.6) is 0 Å². The lowest BCUT2D eigenvalue weighted by molar-refractivity contribution is 0.139. The molecule has 110 valence electrons.